The van der Waals surface area contributed by atoms with E-state index in [1.807, 2.05) is 25.1 Å². The van der Waals surface area contributed by atoms with Crippen molar-refractivity contribution in [3.8, 4) is 11.3 Å². The fourth-order valence-corrected chi connectivity index (χ4v) is 2.68. The van der Waals surface area contributed by atoms with E-state index in [-0.39, 0.29) is 11.8 Å². The molecule has 0 radical (unpaired) electrons. The zero-order valence-electron chi connectivity index (χ0n) is 10.4. The van der Waals surface area contributed by atoms with Gasteiger partial charge in [0.25, 0.3) is 0 Å². The molecule has 1 aliphatic carbocycles. The maximum atomic E-state index is 10.9. The number of aryl methyl sites for hydroxylation is 1. The van der Waals surface area contributed by atoms with Gasteiger partial charge in [-0.25, -0.2) is 4.98 Å². The lowest BCUT2D eigenvalue weighted by Crippen LogP contribution is -1.99. The van der Waals surface area contributed by atoms with Crippen LogP contribution in [0.4, 0.5) is 0 Å². The molecule has 0 saturated heterocycles. The highest BCUT2D eigenvalue weighted by atomic mass is 79.9. The van der Waals surface area contributed by atoms with Crippen LogP contribution in [0.5, 0.6) is 0 Å². The number of benzene rings is 1. The third-order valence-electron chi connectivity index (χ3n) is 3.54. The van der Waals surface area contributed by atoms with E-state index in [4.69, 9.17) is 5.11 Å². The van der Waals surface area contributed by atoms with E-state index in [9.17, 15) is 4.79 Å². The molecule has 1 heterocycles. The fourth-order valence-electron chi connectivity index (χ4n) is 2.32. The number of nitrogens with zero attached hydrogens (tertiary/aromatic N) is 1. The SMILES string of the molecule is Cc1ccc(Br)cc1-c1cnc(C2CC2C(=O)O)[nH]1. The van der Waals surface area contributed by atoms with Crippen LogP contribution in [0.15, 0.2) is 28.9 Å². The third kappa shape index (κ3) is 2.30. The van der Waals surface area contributed by atoms with Gasteiger partial charge in [-0.05, 0) is 31.0 Å². The van der Waals surface area contributed by atoms with Crippen molar-refractivity contribution in [1.82, 2.24) is 9.97 Å². The number of carbonyl (C=O) groups is 1. The Morgan fingerprint density at radius 3 is 3.00 bits per heavy atom. The average Bonchev–Trinajstić information content (AvgIpc) is 3.04. The first kappa shape index (κ1) is 12.4. The minimum absolute atomic E-state index is 0.0405. The summed E-state index contributed by atoms with van der Waals surface area (Å²) in [6.45, 7) is 2.04. The normalized spacial score (nSPS) is 21.4. The summed E-state index contributed by atoms with van der Waals surface area (Å²) in [5.41, 5.74) is 3.18. The van der Waals surface area contributed by atoms with Crippen LogP contribution < -0.4 is 0 Å². The maximum Gasteiger partial charge on any atom is 0.307 e. The molecule has 1 saturated carbocycles. The summed E-state index contributed by atoms with van der Waals surface area (Å²) in [5.74, 6) is -0.190. The molecular formula is C14H13BrN2O2. The summed E-state index contributed by atoms with van der Waals surface area (Å²) in [4.78, 5) is 18.4. The standard InChI is InChI=1S/C14H13BrN2O2/c1-7-2-3-8(15)4-9(7)12-6-16-13(17-12)10-5-11(10)14(18)19/h2-4,6,10-11H,5H2,1H3,(H,16,17)(H,18,19). The summed E-state index contributed by atoms with van der Waals surface area (Å²) >= 11 is 3.46. The quantitative estimate of drug-likeness (QED) is 0.911. The van der Waals surface area contributed by atoms with Gasteiger partial charge >= 0.3 is 5.97 Å². The van der Waals surface area contributed by atoms with E-state index < -0.39 is 5.97 Å². The number of halogens is 1. The Bertz CT molecular complexity index is 651. The van der Waals surface area contributed by atoms with E-state index in [0.717, 1.165) is 27.1 Å². The molecule has 98 valence electrons. The van der Waals surface area contributed by atoms with Gasteiger partial charge in [0, 0.05) is 16.0 Å². The van der Waals surface area contributed by atoms with E-state index in [2.05, 4.69) is 25.9 Å². The van der Waals surface area contributed by atoms with Crippen molar-refractivity contribution in [3.63, 3.8) is 0 Å². The van der Waals surface area contributed by atoms with Crippen LogP contribution >= 0.6 is 15.9 Å². The van der Waals surface area contributed by atoms with Crippen LogP contribution in [-0.2, 0) is 4.79 Å². The van der Waals surface area contributed by atoms with Crippen molar-refractivity contribution in [1.29, 1.82) is 0 Å². The molecule has 1 fully saturated rings. The molecule has 19 heavy (non-hydrogen) atoms. The molecule has 3 rings (SSSR count). The van der Waals surface area contributed by atoms with E-state index in [0.29, 0.717) is 6.42 Å². The fraction of sp³-hybridized carbons (Fsp3) is 0.286. The molecule has 1 aliphatic rings. The number of rotatable bonds is 3. The van der Waals surface area contributed by atoms with Crippen molar-refractivity contribution in [2.24, 2.45) is 5.92 Å². The van der Waals surface area contributed by atoms with Crippen molar-refractivity contribution in [2.75, 3.05) is 0 Å². The molecule has 4 nitrogen and oxygen atoms in total. The molecule has 0 aliphatic heterocycles. The van der Waals surface area contributed by atoms with Gasteiger partial charge in [0.2, 0.25) is 0 Å². The first-order valence-corrected chi connectivity index (χ1v) is 6.90. The second-order valence-electron chi connectivity index (χ2n) is 4.93. The second-order valence-corrected chi connectivity index (χ2v) is 5.84. The molecule has 2 aromatic rings. The number of nitrogens with one attached hydrogen (secondary N) is 1. The van der Waals surface area contributed by atoms with Crippen LogP contribution in [-0.4, -0.2) is 21.0 Å². The highest BCUT2D eigenvalue weighted by molar-refractivity contribution is 9.10. The molecular weight excluding hydrogens is 308 g/mol. The second kappa shape index (κ2) is 4.49. The Morgan fingerprint density at radius 1 is 1.53 bits per heavy atom. The number of hydrogen-bond donors (Lipinski definition) is 2. The van der Waals surface area contributed by atoms with Crippen molar-refractivity contribution < 1.29 is 9.90 Å². The largest absolute Gasteiger partial charge is 0.481 e. The smallest absolute Gasteiger partial charge is 0.307 e. The topological polar surface area (TPSA) is 66.0 Å². The van der Waals surface area contributed by atoms with Gasteiger partial charge in [-0.3, -0.25) is 4.79 Å². The predicted octanol–water partition coefficient (Wildman–Crippen LogP) is 3.34. The Labute approximate surface area is 119 Å². The van der Waals surface area contributed by atoms with Gasteiger partial charge in [-0.2, -0.15) is 0 Å². The summed E-state index contributed by atoms with van der Waals surface area (Å²) in [6, 6.07) is 6.07. The molecule has 2 unspecified atom stereocenters. The minimum Gasteiger partial charge on any atom is -0.481 e. The molecule has 1 aromatic heterocycles. The minimum atomic E-state index is -0.735. The number of aliphatic carboxylic acids is 1. The Morgan fingerprint density at radius 2 is 2.32 bits per heavy atom. The number of hydrogen-bond acceptors (Lipinski definition) is 2. The zero-order chi connectivity index (χ0) is 13.6. The van der Waals surface area contributed by atoms with E-state index in [1.54, 1.807) is 6.20 Å². The first-order valence-electron chi connectivity index (χ1n) is 6.10. The predicted molar refractivity (Wildman–Crippen MR) is 74.9 cm³/mol. The summed E-state index contributed by atoms with van der Waals surface area (Å²) in [6.07, 6.45) is 2.46. The van der Waals surface area contributed by atoms with Crippen LogP contribution in [0.1, 0.15) is 23.7 Å². The van der Waals surface area contributed by atoms with Crippen molar-refractivity contribution >= 4 is 21.9 Å². The Kier molecular flexibility index (Phi) is 2.93. The zero-order valence-corrected chi connectivity index (χ0v) is 11.9. The monoisotopic (exact) mass is 320 g/mol. The van der Waals surface area contributed by atoms with Gasteiger partial charge in [-0.15, -0.1) is 0 Å². The molecule has 0 bridgehead atoms. The van der Waals surface area contributed by atoms with Gasteiger partial charge in [0.05, 0.1) is 17.8 Å². The van der Waals surface area contributed by atoms with Gasteiger partial charge in [0.1, 0.15) is 5.82 Å². The molecule has 0 amide bonds. The third-order valence-corrected chi connectivity index (χ3v) is 4.04. The molecule has 5 heteroatoms. The Hall–Kier alpha value is -1.62. The highest BCUT2D eigenvalue weighted by Crippen LogP contribution is 2.46. The average molecular weight is 321 g/mol. The molecule has 1 aromatic carbocycles. The lowest BCUT2D eigenvalue weighted by Gasteiger charge is -2.03. The molecule has 2 N–H and O–H groups in total. The lowest BCUT2D eigenvalue weighted by atomic mass is 10.1. The van der Waals surface area contributed by atoms with Gasteiger partial charge < -0.3 is 10.1 Å². The van der Waals surface area contributed by atoms with E-state index in [1.165, 1.54) is 0 Å². The first-order chi connectivity index (χ1) is 9.06. The van der Waals surface area contributed by atoms with Gasteiger partial charge in [0.15, 0.2) is 0 Å². The summed E-state index contributed by atoms with van der Waals surface area (Å²) in [7, 11) is 0. The summed E-state index contributed by atoms with van der Waals surface area (Å²) < 4.78 is 1.01. The van der Waals surface area contributed by atoms with Crippen LogP contribution in [0.2, 0.25) is 0 Å². The number of H-pyrrole nitrogens is 1. The number of carboxylic acids is 1. The van der Waals surface area contributed by atoms with Crippen molar-refractivity contribution in [2.45, 2.75) is 19.3 Å². The van der Waals surface area contributed by atoms with Crippen LogP contribution in [0.3, 0.4) is 0 Å². The number of aromatic amines is 1. The van der Waals surface area contributed by atoms with Gasteiger partial charge in [-0.1, -0.05) is 22.0 Å². The van der Waals surface area contributed by atoms with Crippen LogP contribution in [0.25, 0.3) is 11.3 Å². The molecule has 2 atom stereocenters. The number of carboxylic acid groups (broad SMARTS) is 1. The number of aromatic nitrogens is 2. The number of imidazole rings is 1. The highest BCUT2D eigenvalue weighted by Gasteiger charge is 2.46. The summed E-state index contributed by atoms with van der Waals surface area (Å²) in [5, 5.41) is 8.94. The maximum absolute atomic E-state index is 10.9. The Balaban J connectivity index is 1.90. The van der Waals surface area contributed by atoms with Crippen LogP contribution in [0, 0.1) is 12.8 Å². The lowest BCUT2D eigenvalue weighted by molar-refractivity contribution is -0.138. The van der Waals surface area contributed by atoms with Crippen molar-refractivity contribution in [3.05, 3.63) is 40.3 Å². The molecule has 0 spiro atoms. The van der Waals surface area contributed by atoms with E-state index >= 15 is 0 Å².